The van der Waals surface area contributed by atoms with Gasteiger partial charge in [0.05, 0.1) is 12.4 Å². The van der Waals surface area contributed by atoms with Crippen molar-refractivity contribution in [3.8, 4) is 5.75 Å². The Morgan fingerprint density at radius 3 is 2.71 bits per heavy atom. The first-order chi connectivity index (χ1) is 14.7. The zero-order chi connectivity index (χ0) is 22.6. The van der Waals surface area contributed by atoms with Gasteiger partial charge in [0, 0.05) is 12.6 Å². The van der Waals surface area contributed by atoms with Gasteiger partial charge in [-0.2, -0.15) is 0 Å². The molecule has 1 unspecified atom stereocenters. The fraction of sp³-hybridized carbons (Fsp3) is 0.524. The van der Waals surface area contributed by atoms with Crippen molar-refractivity contribution in [3.63, 3.8) is 0 Å². The van der Waals surface area contributed by atoms with Crippen LogP contribution in [0.2, 0.25) is 0 Å². The van der Waals surface area contributed by atoms with Crippen molar-refractivity contribution in [2.75, 3.05) is 18.9 Å². The largest absolute Gasteiger partial charge is 0.490 e. The molecule has 0 radical (unpaired) electrons. The Morgan fingerprint density at radius 2 is 2.06 bits per heavy atom. The molecule has 2 aliphatic rings. The SMILES string of the molecule is CC1C(=O)NC(=O)N1C/C=C/CCS(=O)(=O)N[C@H](C)c1ccc(F)c(OCC2CC2)c1. The van der Waals surface area contributed by atoms with Crippen molar-refractivity contribution in [2.45, 2.75) is 45.2 Å². The molecule has 0 aromatic heterocycles. The molecule has 3 rings (SSSR count). The third kappa shape index (κ3) is 6.51. The summed E-state index contributed by atoms with van der Waals surface area (Å²) in [6.45, 7) is 4.01. The number of hydrogen-bond donors (Lipinski definition) is 2. The van der Waals surface area contributed by atoms with Crippen LogP contribution in [0.3, 0.4) is 0 Å². The molecule has 2 N–H and O–H groups in total. The number of amides is 3. The lowest BCUT2D eigenvalue weighted by Crippen LogP contribution is -2.33. The number of carbonyl (C=O) groups excluding carboxylic acids is 2. The molecule has 31 heavy (non-hydrogen) atoms. The highest BCUT2D eigenvalue weighted by Gasteiger charge is 2.33. The molecule has 2 atom stereocenters. The van der Waals surface area contributed by atoms with Gasteiger partial charge in [-0.1, -0.05) is 18.2 Å². The van der Waals surface area contributed by atoms with Gasteiger partial charge in [-0.15, -0.1) is 0 Å². The van der Waals surface area contributed by atoms with Gasteiger partial charge in [-0.05, 0) is 56.7 Å². The highest BCUT2D eigenvalue weighted by atomic mass is 32.2. The molecular formula is C21H28FN3O5S. The summed E-state index contributed by atoms with van der Waals surface area (Å²) in [5.41, 5.74) is 0.616. The van der Waals surface area contributed by atoms with Crippen LogP contribution in [0, 0.1) is 11.7 Å². The summed E-state index contributed by atoms with van der Waals surface area (Å²) in [5, 5.41) is 2.22. The number of allylic oxidation sites excluding steroid dienone is 1. The van der Waals surface area contributed by atoms with Crippen LogP contribution in [0.5, 0.6) is 5.75 Å². The predicted molar refractivity (Wildman–Crippen MR) is 113 cm³/mol. The van der Waals surface area contributed by atoms with Gasteiger partial charge in [-0.3, -0.25) is 10.1 Å². The topological polar surface area (TPSA) is 105 Å². The minimum atomic E-state index is -3.58. The molecule has 0 bridgehead atoms. The lowest BCUT2D eigenvalue weighted by molar-refractivity contribution is -0.120. The number of urea groups is 1. The standard InChI is InChI=1S/C21H28FN3O5S/c1-14(17-8-9-18(22)19(12-17)30-13-16-6-7-16)24-31(28,29)11-5-3-4-10-25-15(2)20(26)23-21(25)27/h3-4,8-9,12,14-16,24H,5-7,10-11,13H2,1-2H3,(H,23,26,27)/b4-3+/t14-,15?/m1/s1. The second-order valence-electron chi connectivity index (χ2n) is 7.99. The zero-order valence-electron chi connectivity index (χ0n) is 17.6. The number of carbonyl (C=O) groups is 2. The minimum Gasteiger partial charge on any atom is -0.490 e. The number of rotatable bonds is 11. The molecule has 10 heteroatoms. The lowest BCUT2D eigenvalue weighted by Gasteiger charge is -2.16. The van der Waals surface area contributed by atoms with E-state index in [9.17, 15) is 22.4 Å². The molecule has 1 saturated heterocycles. The fourth-order valence-corrected chi connectivity index (χ4v) is 4.40. The maximum Gasteiger partial charge on any atom is 0.325 e. The van der Waals surface area contributed by atoms with E-state index in [0.29, 0.717) is 18.1 Å². The molecule has 3 amide bonds. The van der Waals surface area contributed by atoms with Crippen molar-refractivity contribution in [1.29, 1.82) is 0 Å². The van der Waals surface area contributed by atoms with Crippen molar-refractivity contribution in [1.82, 2.24) is 14.9 Å². The van der Waals surface area contributed by atoms with E-state index >= 15 is 0 Å². The summed E-state index contributed by atoms with van der Waals surface area (Å²) >= 11 is 0. The Bertz CT molecular complexity index is 962. The third-order valence-electron chi connectivity index (χ3n) is 5.34. The highest BCUT2D eigenvalue weighted by Crippen LogP contribution is 2.31. The first-order valence-electron chi connectivity index (χ1n) is 10.3. The normalized spacial score (nSPS) is 20.4. The van der Waals surface area contributed by atoms with Gasteiger partial charge in [0.15, 0.2) is 11.6 Å². The summed E-state index contributed by atoms with van der Waals surface area (Å²) in [6.07, 6.45) is 5.76. The van der Waals surface area contributed by atoms with E-state index in [1.54, 1.807) is 26.0 Å². The fourth-order valence-electron chi connectivity index (χ4n) is 3.16. The molecule has 0 spiro atoms. The maximum atomic E-state index is 13.9. The number of benzene rings is 1. The zero-order valence-corrected chi connectivity index (χ0v) is 18.5. The second-order valence-corrected chi connectivity index (χ2v) is 9.86. The molecule has 170 valence electrons. The molecule has 1 heterocycles. The minimum absolute atomic E-state index is 0.136. The number of halogens is 1. The van der Waals surface area contributed by atoms with Gasteiger partial charge in [0.2, 0.25) is 10.0 Å². The lowest BCUT2D eigenvalue weighted by atomic mass is 10.1. The van der Waals surface area contributed by atoms with E-state index in [-0.39, 0.29) is 30.4 Å². The van der Waals surface area contributed by atoms with Crippen molar-refractivity contribution in [3.05, 3.63) is 41.7 Å². The molecule has 1 saturated carbocycles. The Morgan fingerprint density at radius 1 is 1.32 bits per heavy atom. The second kappa shape index (κ2) is 9.78. The molecule has 1 aliphatic carbocycles. The average molecular weight is 454 g/mol. The summed E-state index contributed by atoms with van der Waals surface area (Å²) in [7, 11) is -3.58. The smallest absolute Gasteiger partial charge is 0.325 e. The third-order valence-corrected chi connectivity index (χ3v) is 6.83. The number of imide groups is 1. The monoisotopic (exact) mass is 453 g/mol. The van der Waals surface area contributed by atoms with Crippen LogP contribution in [0.4, 0.5) is 9.18 Å². The van der Waals surface area contributed by atoms with Crippen LogP contribution in [0.1, 0.15) is 44.7 Å². The van der Waals surface area contributed by atoms with E-state index in [1.807, 2.05) is 0 Å². The summed E-state index contributed by atoms with van der Waals surface area (Å²) < 4.78 is 46.8. The van der Waals surface area contributed by atoms with Gasteiger partial charge < -0.3 is 9.64 Å². The van der Waals surface area contributed by atoms with Gasteiger partial charge >= 0.3 is 6.03 Å². The first kappa shape index (κ1) is 23.2. The number of nitrogens with zero attached hydrogens (tertiary/aromatic N) is 1. The average Bonchev–Trinajstić information content (AvgIpc) is 3.49. The summed E-state index contributed by atoms with van der Waals surface area (Å²) in [5.74, 6) is -0.332. The highest BCUT2D eigenvalue weighted by molar-refractivity contribution is 7.89. The Hall–Kier alpha value is -2.46. The molecule has 1 aromatic carbocycles. The molecular weight excluding hydrogens is 425 g/mol. The van der Waals surface area contributed by atoms with Crippen LogP contribution in [0.25, 0.3) is 0 Å². The Balaban J connectivity index is 1.48. The summed E-state index contributed by atoms with van der Waals surface area (Å²) in [6, 6.07) is 2.82. The van der Waals surface area contributed by atoms with Crippen LogP contribution < -0.4 is 14.8 Å². The number of nitrogens with one attached hydrogen (secondary N) is 2. The van der Waals surface area contributed by atoms with Crippen molar-refractivity contribution < 1.29 is 27.1 Å². The number of ether oxygens (including phenoxy) is 1. The summed E-state index contributed by atoms with van der Waals surface area (Å²) in [4.78, 5) is 24.4. The van der Waals surface area contributed by atoms with E-state index < -0.39 is 34.0 Å². The number of sulfonamides is 1. The van der Waals surface area contributed by atoms with Gasteiger partial charge in [-0.25, -0.2) is 22.3 Å². The Kier molecular flexibility index (Phi) is 7.32. The quantitative estimate of drug-likeness (QED) is 0.396. The van der Waals surface area contributed by atoms with E-state index in [2.05, 4.69) is 10.0 Å². The van der Waals surface area contributed by atoms with Crippen LogP contribution in [-0.2, 0) is 14.8 Å². The van der Waals surface area contributed by atoms with Crippen LogP contribution >= 0.6 is 0 Å². The van der Waals surface area contributed by atoms with Crippen LogP contribution in [0.15, 0.2) is 30.4 Å². The molecule has 1 aromatic rings. The Labute approximate surface area is 181 Å². The van der Waals surface area contributed by atoms with Gasteiger partial charge in [0.1, 0.15) is 6.04 Å². The van der Waals surface area contributed by atoms with E-state index in [0.717, 1.165) is 12.8 Å². The van der Waals surface area contributed by atoms with Gasteiger partial charge in [0.25, 0.3) is 5.91 Å². The molecule has 2 fully saturated rings. The van der Waals surface area contributed by atoms with E-state index in [4.69, 9.17) is 4.74 Å². The molecule has 1 aliphatic heterocycles. The predicted octanol–water partition coefficient (Wildman–Crippen LogP) is 2.48. The van der Waals surface area contributed by atoms with Crippen molar-refractivity contribution >= 4 is 22.0 Å². The van der Waals surface area contributed by atoms with E-state index in [1.165, 1.54) is 23.1 Å². The van der Waals surface area contributed by atoms with Crippen molar-refractivity contribution in [2.24, 2.45) is 5.92 Å². The molecule has 8 nitrogen and oxygen atoms in total. The number of hydrogen-bond acceptors (Lipinski definition) is 5. The first-order valence-corrected chi connectivity index (χ1v) is 12.0. The maximum absolute atomic E-state index is 13.9. The van der Waals surface area contributed by atoms with Crippen LogP contribution in [-0.4, -0.2) is 50.2 Å².